The maximum atomic E-state index is 3.53. The molecule has 1 atom stereocenters. The van der Waals surface area contributed by atoms with Gasteiger partial charge < -0.3 is 5.32 Å². The molecular formula is C9H13NS2. The van der Waals surface area contributed by atoms with Gasteiger partial charge in [0.1, 0.15) is 0 Å². The molecule has 2 rings (SSSR count). The molecule has 0 amide bonds. The van der Waals surface area contributed by atoms with E-state index in [-0.39, 0.29) is 0 Å². The summed E-state index contributed by atoms with van der Waals surface area (Å²) in [5, 5.41) is 6.34. The second-order valence-electron chi connectivity index (χ2n) is 2.99. The van der Waals surface area contributed by atoms with E-state index in [9.17, 15) is 0 Å². The lowest BCUT2D eigenvalue weighted by Gasteiger charge is -2.21. The Bertz CT molecular complexity index is 214. The molecule has 66 valence electrons. The third-order valence-electron chi connectivity index (χ3n) is 2.02. The molecule has 12 heavy (non-hydrogen) atoms. The lowest BCUT2D eigenvalue weighted by atomic mass is 10.2. The summed E-state index contributed by atoms with van der Waals surface area (Å²) in [7, 11) is 0. The fraction of sp³-hybridized carbons (Fsp3) is 0.556. The van der Waals surface area contributed by atoms with Gasteiger partial charge >= 0.3 is 0 Å². The van der Waals surface area contributed by atoms with Crippen LogP contribution in [-0.4, -0.2) is 11.9 Å². The molecule has 0 saturated carbocycles. The molecule has 1 fully saturated rings. The fourth-order valence-electron chi connectivity index (χ4n) is 1.39. The maximum Gasteiger partial charge on any atom is 0.0613 e. The highest BCUT2D eigenvalue weighted by atomic mass is 32.2. The fourth-order valence-corrected chi connectivity index (χ4v) is 3.50. The van der Waals surface area contributed by atoms with E-state index in [1.54, 1.807) is 0 Å². The van der Waals surface area contributed by atoms with Crippen molar-refractivity contribution in [3.05, 3.63) is 17.5 Å². The van der Waals surface area contributed by atoms with Crippen molar-refractivity contribution in [2.45, 2.75) is 28.8 Å². The summed E-state index contributed by atoms with van der Waals surface area (Å²) in [4.78, 5) is 0. The third kappa shape index (κ3) is 2.25. The molecule has 1 aromatic rings. The Morgan fingerprint density at radius 3 is 3.17 bits per heavy atom. The molecule has 1 aromatic heterocycles. The van der Waals surface area contributed by atoms with Gasteiger partial charge in [0.15, 0.2) is 0 Å². The molecule has 1 nitrogen and oxygen atoms in total. The quantitative estimate of drug-likeness (QED) is 0.786. The highest BCUT2D eigenvalue weighted by molar-refractivity contribution is 8.01. The Kier molecular flexibility index (Phi) is 3.08. The molecular weight excluding hydrogens is 186 g/mol. The minimum Gasteiger partial charge on any atom is -0.305 e. The van der Waals surface area contributed by atoms with Crippen molar-refractivity contribution >= 4 is 23.1 Å². The summed E-state index contributed by atoms with van der Waals surface area (Å²) in [5.41, 5.74) is 0. The van der Waals surface area contributed by atoms with Crippen LogP contribution in [-0.2, 0) is 0 Å². The van der Waals surface area contributed by atoms with Gasteiger partial charge in [-0.05, 0) is 37.3 Å². The van der Waals surface area contributed by atoms with Crippen molar-refractivity contribution in [1.29, 1.82) is 0 Å². The topological polar surface area (TPSA) is 12.0 Å². The van der Waals surface area contributed by atoms with Gasteiger partial charge in [-0.25, -0.2) is 0 Å². The Morgan fingerprint density at radius 2 is 2.50 bits per heavy atom. The number of nitrogens with one attached hydrogen (secondary N) is 1. The molecule has 1 unspecified atom stereocenters. The molecule has 0 aliphatic carbocycles. The van der Waals surface area contributed by atoms with E-state index in [0.717, 1.165) is 0 Å². The first-order chi connectivity index (χ1) is 5.95. The molecule has 1 aliphatic heterocycles. The predicted molar refractivity (Wildman–Crippen MR) is 55.8 cm³/mol. The van der Waals surface area contributed by atoms with E-state index in [2.05, 4.69) is 22.8 Å². The predicted octanol–water partition coefficient (Wildman–Crippen LogP) is 2.94. The minimum absolute atomic E-state index is 0.664. The summed E-state index contributed by atoms with van der Waals surface area (Å²) in [6.45, 7) is 1.20. The van der Waals surface area contributed by atoms with Crippen molar-refractivity contribution in [3.63, 3.8) is 0 Å². The third-order valence-corrected chi connectivity index (χ3v) is 4.31. The van der Waals surface area contributed by atoms with Crippen molar-refractivity contribution in [1.82, 2.24) is 5.32 Å². The molecule has 0 radical (unpaired) electrons. The van der Waals surface area contributed by atoms with Gasteiger partial charge in [0.2, 0.25) is 0 Å². The summed E-state index contributed by atoms with van der Waals surface area (Å²) in [5.74, 6) is 0. The SMILES string of the molecule is c1csc(SC2CCCCN2)c1. The van der Waals surface area contributed by atoms with Crippen LogP contribution >= 0.6 is 23.1 Å². The Morgan fingerprint density at radius 1 is 1.50 bits per heavy atom. The number of hydrogen-bond acceptors (Lipinski definition) is 3. The standard InChI is InChI=1S/C9H13NS2/c1-2-6-10-8(4-1)12-9-5-3-7-11-9/h3,5,7-8,10H,1-2,4,6H2. The van der Waals surface area contributed by atoms with Crippen LogP contribution < -0.4 is 5.32 Å². The molecule has 0 bridgehead atoms. The average molecular weight is 199 g/mol. The van der Waals surface area contributed by atoms with E-state index in [4.69, 9.17) is 0 Å². The summed E-state index contributed by atoms with van der Waals surface area (Å²) in [6.07, 6.45) is 4.06. The van der Waals surface area contributed by atoms with Crippen LogP contribution in [0.5, 0.6) is 0 Å². The zero-order valence-electron chi connectivity index (χ0n) is 6.95. The number of hydrogen-bond donors (Lipinski definition) is 1. The maximum absolute atomic E-state index is 3.53. The van der Waals surface area contributed by atoms with Gasteiger partial charge in [-0.15, -0.1) is 11.3 Å². The number of thiophene rings is 1. The number of rotatable bonds is 2. The largest absolute Gasteiger partial charge is 0.305 e. The normalized spacial score (nSPS) is 24.2. The van der Waals surface area contributed by atoms with E-state index < -0.39 is 0 Å². The second-order valence-corrected chi connectivity index (χ2v) is 5.44. The molecule has 1 saturated heterocycles. The molecule has 3 heteroatoms. The van der Waals surface area contributed by atoms with Crippen LogP contribution in [0.15, 0.2) is 21.7 Å². The van der Waals surface area contributed by atoms with Crippen molar-refractivity contribution < 1.29 is 0 Å². The van der Waals surface area contributed by atoms with Gasteiger partial charge in [-0.3, -0.25) is 0 Å². The van der Waals surface area contributed by atoms with E-state index >= 15 is 0 Å². The van der Waals surface area contributed by atoms with Crippen molar-refractivity contribution in [2.75, 3.05) is 6.54 Å². The van der Waals surface area contributed by atoms with Gasteiger partial charge in [-0.1, -0.05) is 17.8 Å². The molecule has 1 N–H and O–H groups in total. The van der Waals surface area contributed by atoms with E-state index in [1.165, 1.54) is 30.0 Å². The summed E-state index contributed by atoms with van der Waals surface area (Å²) < 4.78 is 1.44. The highest BCUT2D eigenvalue weighted by Crippen LogP contribution is 2.30. The molecule has 2 heterocycles. The van der Waals surface area contributed by atoms with Crippen LogP contribution in [0.25, 0.3) is 0 Å². The lowest BCUT2D eigenvalue weighted by Crippen LogP contribution is -2.30. The van der Waals surface area contributed by atoms with Gasteiger partial charge in [0.05, 0.1) is 9.58 Å². The average Bonchev–Trinajstić information content (AvgIpc) is 2.59. The Labute approximate surface area is 81.6 Å². The first kappa shape index (κ1) is 8.60. The summed E-state index contributed by atoms with van der Waals surface area (Å²) >= 11 is 3.82. The smallest absolute Gasteiger partial charge is 0.0613 e. The van der Waals surface area contributed by atoms with Gasteiger partial charge in [-0.2, -0.15) is 0 Å². The highest BCUT2D eigenvalue weighted by Gasteiger charge is 2.13. The number of thioether (sulfide) groups is 1. The van der Waals surface area contributed by atoms with Crippen LogP contribution in [0.2, 0.25) is 0 Å². The first-order valence-corrected chi connectivity index (χ1v) is 6.14. The van der Waals surface area contributed by atoms with Crippen molar-refractivity contribution in [3.8, 4) is 0 Å². The number of piperidine rings is 1. The lowest BCUT2D eigenvalue weighted by molar-refractivity contribution is 0.492. The zero-order valence-corrected chi connectivity index (χ0v) is 8.59. The van der Waals surface area contributed by atoms with Crippen LogP contribution in [0.1, 0.15) is 19.3 Å². The summed E-state index contributed by atoms with van der Waals surface area (Å²) in [6, 6.07) is 4.32. The molecule has 0 aromatic carbocycles. The Balaban J connectivity index is 1.86. The van der Waals surface area contributed by atoms with Gasteiger partial charge in [0, 0.05) is 0 Å². The van der Waals surface area contributed by atoms with E-state index in [1.807, 2.05) is 23.1 Å². The van der Waals surface area contributed by atoms with Crippen LogP contribution in [0.4, 0.5) is 0 Å². The monoisotopic (exact) mass is 199 g/mol. The second kappa shape index (κ2) is 4.30. The first-order valence-electron chi connectivity index (χ1n) is 4.39. The van der Waals surface area contributed by atoms with Crippen LogP contribution in [0, 0.1) is 0 Å². The Hall–Kier alpha value is 0.01000. The van der Waals surface area contributed by atoms with Crippen LogP contribution in [0.3, 0.4) is 0 Å². The molecule has 0 spiro atoms. The molecule has 1 aliphatic rings. The zero-order chi connectivity index (χ0) is 8.23. The van der Waals surface area contributed by atoms with Crippen molar-refractivity contribution in [2.24, 2.45) is 0 Å². The van der Waals surface area contributed by atoms with Gasteiger partial charge in [0.25, 0.3) is 0 Å². The van der Waals surface area contributed by atoms with E-state index in [0.29, 0.717) is 5.37 Å². The minimum atomic E-state index is 0.664.